The zero-order chi connectivity index (χ0) is 15.4. The molecule has 1 aromatic heterocycles. The largest absolute Gasteiger partial charge is 0.369 e. The van der Waals surface area contributed by atoms with Crippen molar-refractivity contribution < 1.29 is 0 Å². The average Bonchev–Trinajstić information content (AvgIpc) is 3.05. The Balaban J connectivity index is 1.61. The maximum Gasteiger partial charge on any atom is 0.150 e. The molecule has 2 heterocycles. The average molecular weight is 303 g/mol. The van der Waals surface area contributed by atoms with Gasteiger partial charge in [-0.05, 0) is 39.2 Å². The summed E-state index contributed by atoms with van der Waals surface area (Å²) in [5, 5.41) is 15.4. The molecule has 3 rings (SSSR count). The summed E-state index contributed by atoms with van der Waals surface area (Å²) in [5.74, 6) is 1.70. The Labute approximate surface area is 133 Å². The van der Waals surface area contributed by atoms with Crippen molar-refractivity contribution in [2.24, 2.45) is 5.92 Å². The lowest BCUT2D eigenvalue weighted by Gasteiger charge is -2.28. The lowest BCUT2D eigenvalue weighted by Crippen LogP contribution is -2.30. The molecule has 1 aliphatic carbocycles. The van der Waals surface area contributed by atoms with E-state index in [9.17, 15) is 0 Å². The van der Waals surface area contributed by atoms with Crippen molar-refractivity contribution >= 4 is 11.5 Å². The number of likely N-dealkylation sites (N-methyl/N-ethyl adjacent to an activating group) is 1. The van der Waals surface area contributed by atoms with Gasteiger partial charge in [0.15, 0.2) is 5.82 Å². The number of aromatic nitrogens is 2. The molecule has 1 saturated heterocycles. The second kappa shape index (κ2) is 7.27. The third-order valence-corrected chi connectivity index (χ3v) is 5.33. The van der Waals surface area contributed by atoms with Crippen LogP contribution in [-0.4, -0.2) is 42.4 Å². The highest BCUT2D eigenvalue weighted by Crippen LogP contribution is 2.28. The molecule has 2 atom stereocenters. The fourth-order valence-electron chi connectivity index (χ4n) is 3.82. The fraction of sp³-hybridized carbons (Fsp3) is 0.765. The number of anilines is 2. The number of nitrogens with one attached hydrogen (secondary N) is 2. The van der Waals surface area contributed by atoms with Gasteiger partial charge in [0, 0.05) is 31.2 Å². The quantitative estimate of drug-likeness (QED) is 0.876. The van der Waals surface area contributed by atoms with Gasteiger partial charge in [0.25, 0.3) is 0 Å². The van der Waals surface area contributed by atoms with Crippen LogP contribution in [0.2, 0.25) is 0 Å². The van der Waals surface area contributed by atoms with Gasteiger partial charge in [-0.2, -0.15) is 5.10 Å². The first-order valence-electron chi connectivity index (χ1n) is 8.77. The van der Waals surface area contributed by atoms with Gasteiger partial charge in [-0.25, -0.2) is 0 Å². The Hall–Kier alpha value is -1.36. The molecular formula is C17H29N5. The summed E-state index contributed by atoms with van der Waals surface area (Å²) in [6.07, 6.45) is 9.92. The van der Waals surface area contributed by atoms with Crippen LogP contribution in [-0.2, 0) is 0 Å². The Morgan fingerprint density at radius 1 is 1.23 bits per heavy atom. The molecule has 1 unspecified atom stereocenters. The van der Waals surface area contributed by atoms with Crippen LogP contribution >= 0.6 is 0 Å². The van der Waals surface area contributed by atoms with Crippen molar-refractivity contribution in [2.75, 3.05) is 30.4 Å². The van der Waals surface area contributed by atoms with Crippen LogP contribution in [0.5, 0.6) is 0 Å². The van der Waals surface area contributed by atoms with E-state index in [1.807, 2.05) is 13.2 Å². The first-order chi connectivity index (χ1) is 10.8. The number of hydrogen-bond donors (Lipinski definition) is 2. The van der Waals surface area contributed by atoms with Crippen LogP contribution in [0.3, 0.4) is 0 Å². The summed E-state index contributed by atoms with van der Waals surface area (Å²) in [7, 11) is 2.04. The smallest absolute Gasteiger partial charge is 0.150 e. The minimum Gasteiger partial charge on any atom is -0.369 e. The van der Waals surface area contributed by atoms with Crippen LogP contribution in [0.4, 0.5) is 11.5 Å². The predicted molar refractivity (Wildman–Crippen MR) is 91.4 cm³/mol. The highest BCUT2D eigenvalue weighted by molar-refractivity contribution is 5.53. The first-order valence-corrected chi connectivity index (χ1v) is 8.77. The molecule has 0 bridgehead atoms. The molecule has 1 saturated carbocycles. The monoisotopic (exact) mass is 303 g/mol. The van der Waals surface area contributed by atoms with Crippen LogP contribution in [0, 0.1) is 5.92 Å². The minimum absolute atomic E-state index is 0.480. The predicted octanol–water partition coefficient (Wildman–Crippen LogP) is 2.66. The zero-order valence-corrected chi connectivity index (χ0v) is 13.9. The number of rotatable bonds is 5. The third-order valence-electron chi connectivity index (χ3n) is 5.33. The maximum absolute atomic E-state index is 4.28. The number of nitrogens with zero attached hydrogens (tertiary/aromatic N) is 3. The van der Waals surface area contributed by atoms with Gasteiger partial charge in [0.1, 0.15) is 0 Å². The number of hydrogen-bond acceptors (Lipinski definition) is 5. The minimum atomic E-state index is 0.480. The van der Waals surface area contributed by atoms with Gasteiger partial charge in [-0.3, -0.25) is 0 Å². The molecule has 1 aromatic rings. The van der Waals surface area contributed by atoms with E-state index in [1.165, 1.54) is 44.2 Å². The molecular weight excluding hydrogens is 274 g/mol. The Bertz CT molecular complexity index is 472. The molecule has 5 heteroatoms. The van der Waals surface area contributed by atoms with Gasteiger partial charge in [0.05, 0.1) is 11.9 Å². The van der Waals surface area contributed by atoms with E-state index in [0.717, 1.165) is 24.8 Å². The Kier molecular flexibility index (Phi) is 5.13. The third kappa shape index (κ3) is 3.69. The summed E-state index contributed by atoms with van der Waals surface area (Å²) in [6, 6.07) is 3.23. The van der Waals surface area contributed by atoms with Gasteiger partial charge in [-0.15, -0.1) is 5.10 Å². The van der Waals surface area contributed by atoms with Crippen LogP contribution in [0.25, 0.3) is 0 Å². The molecule has 2 aliphatic rings. The van der Waals surface area contributed by atoms with Crippen molar-refractivity contribution in [2.45, 2.75) is 57.5 Å². The van der Waals surface area contributed by atoms with Crippen LogP contribution < -0.4 is 15.5 Å². The normalized spacial score (nSPS) is 24.5. The molecule has 5 nitrogen and oxygen atoms in total. The highest BCUT2D eigenvalue weighted by atomic mass is 15.2. The van der Waals surface area contributed by atoms with E-state index in [-0.39, 0.29) is 0 Å². The molecule has 2 fully saturated rings. The van der Waals surface area contributed by atoms with E-state index in [0.29, 0.717) is 12.1 Å². The van der Waals surface area contributed by atoms with Crippen molar-refractivity contribution in [3.05, 3.63) is 12.3 Å². The van der Waals surface area contributed by atoms with E-state index in [1.54, 1.807) is 0 Å². The summed E-state index contributed by atoms with van der Waals surface area (Å²) in [4.78, 5) is 2.40. The highest BCUT2D eigenvalue weighted by Gasteiger charge is 2.23. The summed E-state index contributed by atoms with van der Waals surface area (Å²) in [6.45, 7) is 4.44. The summed E-state index contributed by atoms with van der Waals surface area (Å²) in [5.41, 5.74) is 1.19. The molecule has 2 N–H and O–H groups in total. The van der Waals surface area contributed by atoms with E-state index in [2.05, 4.69) is 38.7 Å². The Morgan fingerprint density at radius 3 is 2.77 bits per heavy atom. The van der Waals surface area contributed by atoms with E-state index < -0.39 is 0 Å². The first kappa shape index (κ1) is 15.5. The van der Waals surface area contributed by atoms with Gasteiger partial charge < -0.3 is 15.5 Å². The molecule has 0 radical (unpaired) electrons. The van der Waals surface area contributed by atoms with Gasteiger partial charge in [-0.1, -0.05) is 19.3 Å². The summed E-state index contributed by atoms with van der Waals surface area (Å²) < 4.78 is 0. The van der Waals surface area contributed by atoms with Crippen molar-refractivity contribution in [3.8, 4) is 0 Å². The van der Waals surface area contributed by atoms with E-state index >= 15 is 0 Å². The van der Waals surface area contributed by atoms with Crippen molar-refractivity contribution in [3.63, 3.8) is 0 Å². The second-order valence-electron chi connectivity index (χ2n) is 6.85. The van der Waals surface area contributed by atoms with Crippen molar-refractivity contribution in [1.82, 2.24) is 15.5 Å². The van der Waals surface area contributed by atoms with Crippen molar-refractivity contribution in [1.29, 1.82) is 0 Å². The molecule has 1 aliphatic heterocycles. The zero-order valence-electron chi connectivity index (χ0n) is 13.9. The van der Waals surface area contributed by atoms with Gasteiger partial charge in [0.2, 0.25) is 0 Å². The van der Waals surface area contributed by atoms with E-state index in [4.69, 9.17) is 0 Å². The molecule has 0 aromatic carbocycles. The lowest BCUT2D eigenvalue weighted by molar-refractivity contribution is 0.328. The molecule has 0 spiro atoms. The standard InChI is InChI=1S/C17H29N5/c1-13(14-6-4-3-5-7-14)20-17-10-16(11-19-21-17)22-9-8-15(12-22)18-2/h10-11,13-15,18H,3-9,12H2,1-2H3,(H,20,21)/t13?,15-/m1/s1. The van der Waals surface area contributed by atoms with Crippen LogP contribution in [0.1, 0.15) is 45.4 Å². The summed E-state index contributed by atoms with van der Waals surface area (Å²) >= 11 is 0. The molecule has 0 amide bonds. The maximum atomic E-state index is 4.28. The Morgan fingerprint density at radius 2 is 2.05 bits per heavy atom. The molecule has 22 heavy (non-hydrogen) atoms. The van der Waals surface area contributed by atoms with Crippen LogP contribution in [0.15, 0.2) is 12.3 Å². The second-order valence-corrected chi connectivity index (χ2v) is 6.85. The fourth-order valence-corrected chi connectivity index (χ4v) is 3.82. The SMILES string of the molecule is CN[C@@H]1CCN(c2cnnc(NC(C)C3CCCCC3)c2)C1. The lowest BCUT2D eigenvalue weighted by atomic mass is 9.84. The topological polar surface area (TPSA) is 53.1 Å². The molecule has 122 valence electrons. The van der Waals surface area contributed by atoms with Gasteiger partial charge >= 0.3 is 0 Å².